The van der Waals surface area contributed by atoms with Crippen molar-refractivity contribution < 1.29 is 24.5 Å². The Labute approximate surface area is 86.5 Å². The third-order valence-corrected chi connectivity index (χ3v) is 2.22. The van der Waals surface area contributed by atoms with Crippen molar-refractivity contribution in [3.05, 3.63) is 11.8 Å². The smallest absolute Gasteiger partial charge is 0.254 e. The van der Waals surface area contributed by atoms with E-state index in [4.69, 9.17) is 9.47 Å². The van der Waals surface area contributed by atoms with Crippen LogP contribution in [0.15, 0.2) is 11.8 Å². The van der Waals surface area contributed by atoms with Crippen LogP contribution in [0.4, 0.5) is 0 Å². The predicted octanol–water partition coefficient (Wildman–Crippen LogP) is -1.17. The van der Waals surface area contributed by atoms with Crippen LogP contribution in [0.1, 0.15) is 13.8 Å². The van der Waals surface area contributed by atoms with E-state index in [1.54, 1.807) is 13.8 Å². The first-order chi connectivity index (χ1) is 6.89. The van der Waals surface area contributed by atoms with Gasteiger partial charge in [0.05, 0.1) is 0 Å². The van der Waals surface area contributed by atoms with Crippen molar-refractivity contribution in [3.8, 4) is 0 Å². The molecule has 0 saturated carbocycles. The fraction of sp³-hybridized carbons (Fsp3) is 0.667. The molecule has 3 atom stereocenters. The molecular formula is C9H13NO5. The molecule has 2 aliphatic rings. The van der Waals surface area contributed by atoms with Crippen LogP contribution in [-0.4, -0.2) is 40.3 Å². The zero-order valence-electron chi connectivity index (χ0n) is 8.43. The first kappa shape index (κ1) is 10.4. The SMILES string of the molecule is CC1(C)OC2=CC(O)NC(=O)C(O)C2O1. The van der Waals surface area contributed by atoms with Crippen molar-refractivity contribution in [2.45, 2.75) is 38.1 Å². The Morgan fingerprint density at radius 3 is 2.80 bits per heavy atom. The number of rotatable bonds is 0. The van der Waals surface area contributed by atoms with Crippen LogP contribution in [-0.2, 0) is 14.3 Å². The molecular weight excluding hydrogens is 202 g/mol. The quantitative estimate of drug-likeness (QED) is 0.474. The number of carbonyl (C=O) groups is 1. The van der Waals surface area contributed by atoms with Gasteiger partial charge in [-0.3, -0.25) is 4.79 Å². The number of amides is 1. The highest BCUT2D eigenvalue weighted by molar-refractivity contribution is 5.82. The van der Waals surface area contributed by atoms with Gasteiger partial charge in [0, 0.05) is 19.9 Å². The van der Waals surface area contributed by atoms with Crippen molar-refractivity contribution in [2.24, 2.45) is 0 Å². The van der Waals surface area contributed by atoms with Gasteiger partial charge in [-0.05, 0) is 0 Å². The number of ether oxygens (including phenoxy) is 2. The highest BCUT2D eigenvalue weighted by Crippen LogP contribution is 2.33. The van der Waals surface area contributed by atoms with Crippen molar-refractivity contribution in [3.63, 3.8) is 0 Å². The Morgan fingerprint density at radius 2 is 2.13 bits per heavy atom. The van der Waals surface area contributed by atoms with Gasteiger partial charge in [-0.2, -0.15) is 0 Å². The van der Waals surface area contributed by atoms with E-state index in [1.807, 2.05) is 0 Å². The summed E-state index contributed by atoms with van der Waals surface area (Å²) in [5, 5.41) is 21.1. The second-order valence-electron chi connectivity index (χ2n) is 4.01. The summed E-state index contributed by atoms with van der Waals surface area (Å²) in [5.41, 5.74) is 0. The van der Waals surface area contributed by atoms with E-state index in [9.17, 15) is 15.0 Å². The van der Waals surface area contributed by atoms with Gasteiger partial charge in [-0.15, -0.1) is 0 Å². The maximum atomic E-state index is 11.3. The topological polar surface area (TPSA) is 88.0 Å². The van der Waals surface area contributed by atoms with E-state index in [2.05, 4.69) is 5.32 Å². The van der Waals surface area contributed by atoms with Crippen LogP contribution >= 0.6 is 0 Å². The molecule has 1 amide bonds. The van der Waals surface area contributed by atoms with Gasteiger partial charge in [0.15, 0.2) is 12.2 Å². The normalized spacial score (nSPS) is 38.5. The predicted molar refractivity (Wildman–Crippen MR) is 48.3 cm³/mol. The van der Waals surface area contributed by atoms with E-state index in [-0.39, 0.29) is 5.76 Å². The van der Waals surface area contributed by atoms with E-state index in [0.29, 0.717) is 0 Å². The number of carbonyl (C=O) groups excluding carboxylic acids is 1. The second-order valence-corrected chi connectivity index (χ2v) is 4.01. The first-order valence-corrected chi connectivity index (χ1v) is 4.64. The minimum atomic E-state index is -1.37. The van der Waals surface area contributed by atoms with Crippen molar-refractivity contribution in [2.75, 3.05) is 0 Å². The molecule has 0 aromatic rings. The lowest BCUT2D eigenvalue weighted by atomic mass is 10.2. The van der Waals surface area contributed by atoms with Gasteiger partial charge in [0.25, 0.3) is 5.91 Å². The summed E-state index contributed by atoms with van der Waals surface area (Å²) in [6, 6.07) is 0. The van der Waals surface area contributed by atoms with Gasteiger partial charge < -0.3 is 25.0 Å². The zero-order valence-corrected chi connectivity index (χ0v) is 8.43. The molecule has 0 bridgehead atoms. The Balaban J connectivity index is 2.32. The highest BCUT2D eigenvalue weighted by Gasteiger charge is 2.46. The molecule has 3 unspecified atom stereocenters. The molecule has 2 heterocycles. The lowest BCUT2D eigenvalue weighted by molar-refractivity contribution is -0.159. The molecule has 2 aliphatic heterocycles. The monoisotopic (exact) mass is 215 g/mol. The van der Waals surface area contributed by atoms with Gasteiger partial charge in [0.1, 0.15) is 12.0 Å². The van der Waals surface area contributed by atoms with Gasteiger partial charge >= 0.3 is 0 Å². The molecule has 15 heavy (non-hydrogen) atoms. The molecule has 0 radical (unpaired) electrons. The third-order valence-electron chi connectivity index (χ3n) is 2.22. The fourth-order valence-corrected chi connectivity index (χ4v) is 1.64. The Morgan fingerprint density at radius 1 is 1.47 bits per heavy atom. The molecule has 2 rings (SSSR count). The molecule has 0 spiro atoms. The molecule has 1 fully saturated rings. The number of aliphatic hydroxyl groups is 2. The molecule has 6 nitrogen and oxygen atoms in total. The van der Waals surface area contributed by atoms with Gasteiger partial charge in [-0.25, -0.2) is 0 Å². The number of hydrogen-bond donors (Lipinski definition) is 3. The standard InChI is InChI=1S/C9H13NO5/c1-9(2)14-4-3-5(11)10-8(13)6(12)7(4)15-9/h3,5-7,11-12H,1-2H3,(H,10,13). The zero-order chi connectivity index (χ0) is 11.2. The fourth-order valence-electron chi connectivity index (χ4n) is 1.64. The summed E-state index contributed by atoms with van der Waals surface area (Å²) in [5.74, 6) is -1.30. The summed E-state index contributed by atoms with van der Waals surface area (Å²) in [7, 11) is 0. The second kappa shape index (κ2) is 3.19. The largest absolute Gasteiger partial charge is 0.465 e. The molecule has 0 aliphatic carbocycles. The highest BCUT2D eigenvalue weighted by atomic mass is 16.8. The van der Waals surface area contributed by atoms with Gasteiger partial charge in [-0.1, -0.05) is 0 Å². The van der Waals surface area contributed by atoms with Crippen molar-refractivity contribution >= 4 is 5.91 Å². The summed E-state index contributed by atoms with van der Waals surface area (Å²) in [6.07, 6.45) is -2.06. The van der Waals surface area contributed by atoms with Crippen LogP contribution < -0.4 is 5.32 Å². The molecule has 6 heteroatoms. The van der Waals surface area contributed by atoms with Crippen LogP contribution in [0, 0.1) is 0 Å². The Hall–Kier alpha value is -1.11. The minimum Gasteiger partial charge on any atom is -0.465 e. The first-order valence-electron chi connectivity index (χ1n) is 4.64. The molecule has 0 aromatic heterocycles. The van der Waals surface area contributed by atoms with E-state index < -0.39 is 30.1 Å². The van der Waals surface area contributed by atoms with Crippen molar-refractivity contribution in [1.82, 2.24) is 5.32 Å². The molecule has 84 valence electrons. The lowest BCUT2D eigenvalue weighted by Crippen LogP contribution is -2.44. The maximum Gasteiger partial charge on any atom is 0.254 e. The Bertz CT molecular complexity index is 324. The molecule has 0 aromatic carbocycles. The maximum absolute atomic E-state index is 11.3. The van der Waals surface area contributed by atoms with Crippen LogP contribution in [0.25, 0.3) is 0 Å². The number of nitrogens with one attached hydrogen (secondary N) is 1. The van der Waals surface area contributed by atoms with Crippen LogP contribution in [0.5, 0.6) is 0 Å². The summed E-state index contributed by atoms with van der Waals surface area (Å²) < 4.78 is 10.7. The van der Waals surface area contributed by atoms with E-state index in [1.165, 1.54) is 6.08 Å². The average Bonchev–Trinajstić information content (AvgIpc) is 2.34. The average molecular weight is 215 g/mol. The van der Waals surface area contributed by atoms with E-state index in [0.717, 1.165) is 0 Å². The number of fused-ring (bicyclic) bond motifs is 1. The van der Waals surface area contributed by atoms with Crippen LogP contribution in [0.2, 0.25) is 0 Å². The summed E-state index contributed by atoms with van der Waals surface area (Å²) in [4.78, 5) is 11.3. The molecule has 1 saturated heterocycles. The van der Waals surface area contributed by atoms with Gasteiger partial charge in [0.2, 0.25) is 5.79 Å². The summed E-state index contributed by atoms with van der Waals surface area (Å²) in [6.45, 7) is 3.33. The van der Waals surface area contributed by atoms with E-state index >= 15 is 0 Å². The lowest BCUT2D eigenvalue weighted by Gasteiger charge is -2.18. The van der Waals surface area contributed by atoms with Crippen LogP contribution in [0.3, 0.4) is 0 Å². The number of hydrogen-bond acceptors (Lipinski definition) is 5. The molecule has 3 N–H and O–H groups in total. The minimum absolute atomic E-state index is 0.276. The number of aliphatic hydroxyl groups excluding tert-OH is 2. The summed E-state index contributed by atoms with van der Waals surface area (Å²) >= 11 is 0. The van der Waals surface area contributed by atoms with Crippen molar-refractivity contribution in [1.29, 1.82) is 0 Å². The third kappa shape index (κ3) is 1.83. The Kier molecular flexibility index (Phi) is 2.22.